The lowest BCUT2D eigenvalue weighted by Gasteiger charge is -2.24. The second-order valence-corrected chi connectivity index (χ2v) is 7.10. The Hall–Kier alpha value is -2.59. The normalized spacial score (nSPS) is 16.1. The number of halogens is 1. The van der Waals surface area contributed by atoms with Gasteiger partial charge in [0.05, 0.1) is 11.2 Å². The Morgan fingerprint density at radius 3 is 2.85 bits per heavy atom. The lowest BCUT2D eigenvalue weighted by Crippen LogP contribution is -2.21. The van der Waals surface area contributed by atoms with Crippen molar-refractivity contribution < 1.29 is 9.21 Å². The van der Waals surface area contributed by atoms with Gasteiger partial charge in [0.15, 0.2) is 12.2 Å². The van der Waals surface area contributed by atoms with E-state index in [0.717, 1.165) is 24.8 Å². The number of benzene rings is 2. The van der Waals surface area contributed by atoms with Crippen molar-refractivity contribution >= 4 is 23.2 Å². The number of rotatable bonds is 4. The highest BCUT2D eigenvalue weighted by Crippen LogP contribution is 2.31. The van der Waals surface area contributed by atoms with Crippen LogP contribution in [0.25, 0.3) is 11.3 Å². The number of hydrogen-bond acceptors (Lipinski definition) is 3. The van der Waals surface area contributed by atoms with E-state index < -0.39 is 0 Å². The first-order valence-corrected chi connectivity index (χ1v) is 9.12. The van der Waals surface area contributed by atoms with Crippen molar-refractivity contribution in [3.63, 3.8) is 0 Å². The number of carbonyl (C=O) groups excluding carboxylic acids is 1. The summed E-state index contributed by atoms with van der Waals surface area (Å²) in [5.74, 6) is 1.01. The van der Waals surface area contributed by atoms with E-state index in [9.17, 15) is 4.79 Å². The van der Waals surface area contributed by atoms with Crippen LogP contribution in [0.4, 0.5) is 5.69 Å². The average Bonchev–Trinajstić information content (AvgIpc) is 3.16. The highest BCUT2D eigenvalue weighted by Gasteiger charge is 2.21. The third-order valence-corrected chi connectivity index (χ3v) is 5.19. The first kappa shape index (κ1) is 16.9. The van der Waals surface area contributed by atoms with E-state index in [2.05, 4.69) is 34.6 Å². The molecule has 2 aromatic carbocycles. The molecule has 0 aliphatic heterocycles. The van der Waals surface area contributed by atoms with Gasteiger partial charge in [0.1, 0.15) is 0 Å². The molecule has 1 atom stereocenters. The molecule has 3 aromatic rings. The quantitative estimate of drug-likeness (QED) is 0.696. The lowest BCUT2D eigenvalue weighted by atomic mass is 9.82. The zero-order valence-corrected chi connectivity index (χ0v) is 15.0. The van der Waals surface area contributed by atoms with Gasteiger partial charge in [-0.1, -0.05) is 35.9 Å². The molecule has 0 radical (unpaired) electrons. The SMILES string of the molecule is O=C(CC1CCc2ccccc2C1)Nc1ccc(-c2cnco2)c(Cl)c1. The number of aromatic nitrogens is 1. The maximum absolute atomic E-state index is 12.4. The second-order valence-electron chi connectivity index (χ2n) is 6.69. The van der Waals surface area contributed by atoms with Gasteiger partial charge in [-0.3, -0.25) is 4.79 Å². The Morgan fingerprint density at radius 1 is 1.23 bits per heavy atom. The van der Waals surface area contributed by atoms with E-state index in [-0.39, 0.29) is 5.91 Å². The molecule has 0 spiro atoms. The van der Waals surface area contributed by atoms with Gasteiger partial charge in [-0.15, -0.1) is 0 Å². The molecule has 132 valence electrons. The topological polar surface area (TPSA) is 55.1 Å². The molecule has 1 N–H and O–H groups in total. The minimum Gasteiger partial charge on any atom is -0.443 e. The van der Waals surface area contributed by atoms with E-state index >= 15 is 0 Å². The van der Waals surface area contributed by atoms with E-state index in [1.165, 1.54) is 17.5 Å². The highest BCUT2D eigenvalue weighted by molar-refractivity contribution is 6.33. The van der Waals surface area contributed by atoms with Crippen LogP contribution in [0, 0.1) is 5.92 Å². The molecular formula is C21H19ClN2O2. The summed E-state index contributed by atoms with van der Waals surface area (Å²) < 4.78 is 5.27. The van der Waals surface area contributed by atoms with Crippen LogP contribution in [0.1, 0.15) is 24.0 Å². The van der Waals surface area contributed by atoms with Crippen molar-refractivity contribution in [1.82, 2.24) is 4.98 Å². The summed E-state index contributed by atoms with van der Waals surface area (Å²) in [4.78, 5) is 16.3. The maximum Gasteiger partial charge on any atom is 0.224 e. The second kappa shape index (κ2) is 7.34. The van der Waals surface area contributed by atoms with Crippen LogP contribution in [0.15, 0.2) is 59.5 Å². The van der Waals surface area contributed by atoms with Gasteiger partial charge in [0, 0.05) is 17.7 Å². The fraction of sp³-hybridized carbons (Fsp3) is 0.238. The number of amides is 1. The minimum atomic E-state index is 0.0258. The van der Waals surface area contributed by atoms with E-state index in [1.807, 2.05) is 12.1 Å². The van der Waals surface area contributed by atoms with Gasteiger partial charge in [-0.05, 0) is 54.5 Å². The van der Waals surface area contributed by atoms with Crippen LogP contribution < -0.4 is 5.32 Å². The molecule has 26 heavy (non-hydrogen) atoms. The fourth-order valence-electron chi connectivity index (χ4n) is 3.56. The molecular weight excluding hydrogens is 348 g/mol. The Morgan fingerprint density at radius 2 is 2.08 bits per heavy atom. The molecule has 1 unspecified atom stereocenters. The van der Waals surface area contributed by atoms with Crippen molar-refractivity contribution in [3.8, 4) is 11.3 Å². The fourth-order valence-corrected chi connectivity index (χ4v) is 3.84. The molecule has 1 heterocycles. The summed E-state index contributed by atoms with van der Waals surface area (Å²) >= 11 is 6.31. The third-order valence-electron chi connectivity index (χ3n) is 4.87. The van der Waals surface area contributed by atoms with E-state index in [1.54, 1.807) is 12.3 Å². The number of nitrogens with one attached hydrogen (secondary N) is 1. The predicted molar refractivity (Wildman–Crippen MR) is 102 cm³/mol. The van der Waals surface area contributed by atoms with Crippen LogP contribution in [-0.4, -0.2) is 10.9 Å². The van der Waals surface area contributed by atoms with Crippen molar-refractivity contribution in [2.75, 3.05) is 5.32 Å². The Balaban J connectivity index is 1.39. The number of nitrogens with zero attached hydrogens (tertiary/aromatic N) is 1. The van der Waals surface area contributed by atoms with E-state index in [4.69, 9.17) is 16.0 Å². The maximum atomic E-state index is 12.4. The molecule has 4 nitrogen and oxygen atoms in total. The Labute approximate surface area is 157 Å². The molecule has 5 heteroatoms. The zero-order valence-electron chi connectivity index (χ0n) is 14.2. The highest BCUT2D eigenvalue weighted by atomic mass is 35.5. The summed E-state index contributed by atoms with van der Waals surface area (Å²) in [5.41, 5.74) is 4.24. The minimum absolute atomic E-state index is 0.0258. The number of hydrogen-bond donors (Lipinski definition) is 1. The first-order chi connectivity index (χ1) is 12.7. The van der Waals surface area contributed by atoms with Gasteiger partial charge in [-0.2, -0.15) is 0 Å². The average molecular weight is 367 g/mol. The van der Waals surface area contributed by atoms with E-state index in [0.29, 0.717) is 28.8 Å². The molecule has 0 fully saturated rings. The standard InChI is InChI=1S/C21H19ClN2O2/c22-19-11-17(7-8-18(19)20-12-23-13-26-20)24-21(25)10-14-5-6-15-3-1-2-4-16(15)9-14/h1-4,7-8,11-14H,5-6,9-10H2,(H,24,25). The van der Waals surface area contributed by atoms with Gasteiger partial charge in [0.25, 0.3) is 0 Å². The first-order valence-electron chi connectivity index (χ1n) is 8.74. The van der Waals surface area contributed by atoms with Crippen molar-refractivity contribution in [2.24, 2.45) is 5.92 Å². The molecule has 0 saturated heterocycles. The number of oxazole rings is 1. The Kier molecular flexibility index (Phi) is 4.76. The van der Waals surface area contributed by atoms with Gasteiger partial charge >= 0.3 is 0 Å². The molecule has 4 rings (SSSR count). The summed E-state index contributed by atoms with van der Waals surface area (Å²) in [5, 5.41) is 3.48. The molecule has 0 bridgehead atoms. The number of aryl methyl sites for hydroxylation is 1. The number of anilines is 1. The van der Waals surface area contributed by atoms with Crippen LogP contribution in [-0.2, 0) is 17.6 Å². The third kappa shape index (κ3) is 3.65. The van der Waals surface area contributed by atoms with Crippen LogP contribution in [0.3, 0.4) is 0 Å². The predicted octanol–water partition coefficient (Wildman–Crippen LogP) is 5.13. The summed E-state index contributed by atoms with van der Waals surface area (Å²) in [6.07, 6.45) is 6.57. The number of carbonyl (C=O) groups is 1. The van der Waals surface area contributed by atoms with Crippen molar-refractivity contribution in [1.29, 1.82) is 0 Å². The number of fused-ring (bicyclic) bond motifs is 1. The summed E-state index contributed by atoms with van der Waals surface area (Å²) in [6.45, 7) is 0. The lowest BCUT2D eigenvalue weighted by molar-refractivity contribution is -0.117. The summed E-state index contributed by atoms with van der Waals surface area (Å²) in [6, 6.07) is 13.9. The van der Waals surface area contributed by atoms with Crippen LogP contribution >= 0.6 is 11.6 Å². The molecule has 0 saturated carbocycles. The Bertz CT molecular complexity index is 922. The van der Waals surface area contributed by atoms with Gasteiger partial charge in [-0.25, -0.2) is 4.98 Å². The largest absolute Gasteiger partial charge is 0.443 e. The molecule has 1 aliphatic carbocycles. The van der Waals surface area contributed by atoms with Crippen molar-refractivity contribution in [2.45, 2.75) is 25.7 Å². The summed E-state index contributed by atoms with van der Waals surface area (Å²) in [7, 11) is 0. The van der Waals surface area contributed by atoms with Crippen molar-refractivity contribution in [3.05, 3.63) is 71.2 Å². The smallest absolute Gasteiger partial charge is 0.224 e. The molecule has 1 aromatic heterocycles. The van der Waals surface area contributed by atoms with Gasteiger partial charge < -0.3 is 9.73 Å². The van der Waals surface area contributed by atoms with Crippen LogP contribution in [0.2, 0.25) is 5.02 Å². The van der Waals surface area contributed by atoms with Gasteiger partial charge in [0.2, 0.25) is 5.91 Å². The molecule has 1 aliphatic rings. The zero-order chi connectivity index (χ0) is 17.9. The van der Waals surface area contributed by atoms with Crippen LogP contribution in [0.5, 0.6) is 0 Å². The monoisotopic (exact) mass is 366 g/mol. The molecule has 1 amide bonds.